The Morgan fingerprint density at radius 2 is 1.86 bits per heavy atom. The molecule has 2 N–H and O–H groups in total. The first-order valence-corrected chi connectivity index (χ1v) is 7.26. The normalized spacial score (nSPS) is 13.2. The Kier molecular flexibility index (Phi) is 4.52. The van der Waals surface area contributed by atoms with Crippen molar-refractivity contribution >= 4 is 11.2 Å². The molecule has 0 saturated carbocycles. The van der Waals surface area contributed by atoms with Crippen molar-refractivity contribution in [3.8, 4) is 0 Å². The van der Waals surface area contributed by atoms with Crippen molar-refractivity contribution in [2.45, 2.75) is 39.5 Å². The third kappa shape index (κ3) is 2.38. The summed E-state index contributed by atoms with van der Waals surface area (Å²) in [5.74, 6) is 0.590. The summed E-state index contributed by atoms with van der Waals surface area (Å²) in [6, 6.07) is -0.241. The number of imidazole rings is 1. The number of fused-ring (bicyclic) bond motifs is 1. The maximum absolute atomic E-state index is 12.6. The average Bonchev–Trinajstić information content (AvgIpc) is 2.83. The molecule has 0 bridgehead atoms. The number of hydrogen-bond acceptors (Lipinski definition) is 5. The molecule has 0 spiro atoms. The molecular weight excluding hydrogens is 286 g/mol. The van der Waals surface area contributed by atoms with Crippen molar-refractivity contribution in [1.29, 1.82) is 0 Å². The summed E-state index contributed by atoms with van der Waals surface area (Å²) in [4.78, 5) is 29.5. The van der Waals surface area contributed by atoms with Gasteiger partial charge >= 0.3 is 5.69 Å². The van der Waals surface area contributed by atoms with Crippen molar-refractivity contribution in [3.63, 3.8) is 0 Å². The lowest BCUT2D eigenvalue weighted by atomic mass is 10.3. The standard InChI is InChI=1S/C14H23N5O3/c1-8(2)18-12-11(13(20)17(4)14(18)21)19(9(3)6-15)10(16-12)7-22-5/h8-9H,6-7,15H2,1-5H3. The molecule has 8 nitrogen and oxygen atoms in total. The molecule has 122 valence electrons. The number of nitrogens with two attached hydrogens (primary N) is 1. The minimum atomic E-state index is -0.374. The highest BCUT2D eigenvalue weighted by atomic mass is 16.5. The predicted molar refractivity (Wildman–Crippen MR) is 84.1 cm³/mol. The molecule has 22 heavy (non-hydrogen) atoms. The van der Waals surface area contributed by atoms with Gasteiger partial charge in [-0.3, -0.25) is 13.9 Å². The molecule has 0 radical (unpaired) electrons. The van der Waals surface area contributed by atoms with E-state index in [4.69, 9.17) is 10.5 Å². The first-order valence-electron chi connectivity index (χ1n) is 7.26. The van der Waals surface area contributed by atoms with E-state index in [1.807, 2.05) is 20.8 Å². The Bertz CT molecular complexity index is 799. The largest absolute Gasteiger partial charge is 0.377 e. The quantitative estimate of drug-likeness (QED) is 0.847. The van der Waals surface area contributed by atoms with Gasteiger partial charge < -0.3 is 15.0 Å². The molecule has 0 fully saturated rings. The summed E-state index contributed by atoms with van der Waals surface area (Å²) < 4.78 is 9.59. The van der Waals surface area contributed by atoms with Gasteiger partial charge in [0.25, 0.3) is 5.56 Å². The van der Waals surface area contributed by atoms with Gasteiger partial charge in [-0.25, -0.2) is 9.78 Å². The minimum absolute atomic E-state index is 0.117. The van der Waals surface area contributed by atoms with Crippen LogP contribution in [-0.4, -0.2) is 32.3 Å². The van der Waals surface area contributed by atoms with Gasteiger partial charge in [0.1, 0.15) is 12.4 Å². The fourth-order valence-corrected chi connectivity index (χ4v) is 2.61. The lowest BCUT2D eigenvalue weighted by molar-refractivity contribution is 0.173. The monoisotopic (exact) mass is 309 g/mol. The molecule has 0 aromatic carbocycles. The Labute approximate surface area is 128 Å². The van der Waals surface area contributed by atoms with Crippen molar-refractivity contribution in [3.05, 3.63) is 26.7 Å². The molecular formula is C14H23N5O3. The number of rotatable bonds is 5. The Morgan fingerprint density at radius 1 is 1.23 bits per heavy atom. The number of ether oxygens (including phenoxy) is 1. The summed E-state index contributed by atoms with van der Waals surface area (Å²) in [6.07, 6.45) is 0. The maximum atomic E-state index is 12.6. The second-order valence-corrected chi connectivity index (χ2v) is 5.70. The van der Waals surface area contributed by atoms with Crippen LogP contribution in [0.25, 0.3) is 11.2 Å². The first kappa shape index (κ1) is 16.4. The molecule has 2 rings (SSSR count). The summed E-state index contributed by atoms with van der Waals surface area (Å²) in [6.45, 7) is 6.27. The molecule has 0 aliphatic heterocycles. The van der Waals surface area contributed by atoms with Crippen molar-refractivity contribution in [1.82, 2.24) is 18.7 Å². The zero-order chi connectivity index (χ0) is 16.6. The van der Waals surface area contributed by atoms with Crippen LogP contribution >= 0.6 is 0 Å². The Balaban J connectivity index is 3.02. The molecule has 8 heteroatoms. The number of nitrogens with zero attached hydrogens (tertiary/aromatic N) is 4. The topological polar surface area (TPSA) is 97.1 Å². The lowest BCUT2D eigenvalue weighted by Crippen LogP contribution is -2.39. The lowest BCUT2D eigenvalue weighted by Gasteiger charge is -2.16. The van der Waals surface area contributed by atoms with Crippen molar-refractivity contribution < 1.29 is 4.74 Å². The van der Waals surface area contributed by atoms with E-state index < -0.39 is 0 Å². The van der Waals surface area contributed by atoms with Crippen LogP contribution in [0.3, 0.4) is 0 Å². The molecule has 0 aliphatic carbocycles. The van der Waals surface area contributed by atoms with E-state index in [1.165, 1.54) is 11.6 Å². The first-order chi connectivity index (χ1) is 10.3. The highest BCUT2D eigenvalue weighted by molar-refractivity contribution is 5.71. The van der Waals surface area contributed by atoms with Crippen LogP contribution in [0.15, 0.2) is 9.59 Å². The van der Waals surface area contributed by atoms with E-state index in [0.29, 0.717) is 23.5 Å². The summed E-state index contributed by atoms with van der Waals surface area (Å²) in [7, 11) is 3.04. The van der Waals surface area contributed by atoms with Gasteiger partial charge in [0.05, 0.1) is 0 Å². The average molecular weight is 309 g/mol. The van der Waals surface area contributed by atoms with Crippen molar-refractivity contribution in [2.24, 2.45) is 12.8 Å². The van der Waals surface area contributed by atoms with Gasteiger partial charge in [-0.05, 0) is 20.8 Å². The van der Waals surface area contributed by atoms with E-state index in [2.05, 4.69) is 4.98 Å². The van der Waals surface area contributed by atoms with E-state index in [1.54, 1.807) is 11.7 Å². The van der Waals surface area contributed by atoms with Crippen LogP contribution < -0.4 is 17.0 Å². The number of methoxy groups -OCH3 is 1. The Morgan fingerprint density at radius 3 is 2.36 bits per heavy atom. The van der Waals surface area contributed by atoms with E-state index >= 15 is 0 Å². The van der Waals surface area contributed by atoms with Gasteiger partial charge in [0.2, 0.25) is 0 Å². The minimum Gasteiger partial charge on any atom is -0.377 e. The van der Waals surface area contributed by atoms with Gasteiger partial charge in [-0.15, -0.1) is 0 Å². The molecule has 1 unspecified atom stereocenters. The molecule has 0 amide bonds. The van der Waals surface area contributed by atoms with Gasteiger partial charge in [-0.1, -0.05) is 0 Å². The van der Waals surface area contributed by atoms with E-state index in [0.717, 1.165) is 4.57 Å². The van der Waals surface area contributed by atoms with Gasteiger partial charge in [0, 0.05) is 32.8 Å². The molecule has 0 aliphatic rings. The highest BCUT2D eigenvalue weighted by Gasteiger charge is 2.23. The SMILES string of the molecule is COCc1nc2c(c(=O)n(C)c(=O)n2C(C)C)n1C(C)CN. The van der Waals surface area contributed by atoms with Crippen LogP contribution in [0.4, 0.5) is 0 Å². The Hall–Kier alpha value is -1.93. The van der Waals surface area contributed by atoms with Crippen LogP contribution in [0.1, 0.15) is 38.7 Å². The van der Waals surface area contributed by atoms with Gasteiger partial charge in [-0.2, -0.15) is 0 Å². The second kappa shape index (κ2) is 6.05. The summed E-state index contributed by atoms with van der Waals surface area (Å²) in [5, 5.41) is 0. The summed E-state index contributed by atoms with van der Waals surface area (Å²) >= 11 is 0. The van der Waals surface area contributed by atoms with Crippen LogP contribution in [0.5, 0.6) is 0 Å². The zero-order valence-corrected chi connectivity index (χ0v) is 13.7. The molecule has 1 atom stereocenters. The van der Waals surface area contributed by atoms with Crippen LogP contribution in [0, 0.1) is 0 Å². The maximum Gasteiger partial charge on any atom is 0.332 e. The third-order valence-corrected chi connectivity index (χ3v) is 3.77. The van der Waals surface area contributed by atoms with E-state index in [9.17, 15) is 9.59 Å². The van der Waals surface area contributed by atoms with Crippen LogP contribution in [0.2, 0.25) is 0 Å². The smallest absolute Gasteiger partial charge is 0.332 e. The highest BCUT2D eigenvalue weighted by Crippen LogP contribution is 2.19. The molecule has 2 heterocycles. The summed E-state index contributed by atoms with van der Waals surface area (Å²) in [5.41, 5.74) is 5.80. The number of hydrogen-bond donors (Lipinski definition) is 1. The predicted octanol–water partition coefficient (Wildman–Crippen LogP) is 0.144. The second-order valence-electron chi connectivity index (χ2n) is 5.70. The van der Waals surface area contributed by atoms with E-state index in [-0.39, 0.29) is 29.9 Å². The third-order valence-electron chi connectivity index (χ3n) is 3.77. The van der Waals surface area contributed by atoms with Gasteiger partial charge in [0.15, 0.2) is 11.2 Å². The molecule has 0 saturated heterocycles. The zero-order valence-electron chi connectivity index (χ0n) is 13.7. The molecule has 2 aromatic rings. The van der Waals surface area contributed by atoms with Crippen molar-refractivity contribution in [2.75, 3.05) is 13.7 Å². The van der Waals surface area contributed by atoms with Crippen LogP contribution in [-0.2, 0) is 18.4 Å². The molecule has 2 aromatic heterocycles. The number of aromatic nitrogens is 4. The fourth-order valence-electron chi connectivity index (χ4n) is 2.61. The fraction of sp³-hybridized carbons (Fsp3) is 0.643.